The first kappa shape index (κ1) is 24.0. The normalized spacial score (nSPS) is 14.1. The van der Waals surface area contributed by atoms with Crippen LogP contribution in [0.4, 0.5) is 0 Å². The van der Waals surface area contributed by atoms with Crippen molar-refractivity contribution in [2.45, 2.75) is 32.1 Å². The molecule has 2 N–H and O–H groups in total. The van der Waals surface area contributed by atoms with Crippen LogP contribution in [-0.4, -0.2) is 34.8 Å². The fourth-order valence-corrected chi connectivity index (χ4v) is 3.98. The lowest BCUT2D eigenvalue weighted by Crippen LogP contribution is -2.37. The van der Waals surface area contributed by atoms with Gasteiger partial charge in [0.15, 0.2) is 0 Å². The molecule has 2 aromatic carbocycles. The Morgan fingerprint density at radius 1 is 0.943 bits per heavy atom. The van der Waals surface area contributed by atoms with Gasteiger partial charge in [-0.25, -0.2) is 4.98 Å². The van der Waals surface area contributed by atoms with Crippen molar-refractivity contribution in [1.82, 2.24) is 9.88 Å². The second-order valence-electron chi connectivity index (χ2n) is 8.35. The van der Waals surface area contributed by atoms with Crippen LogP contribution in [0.5, 0.6) is 23.1 Å². The quantitative estimate of drug-likeness (QED) is 0.442. The minimum absolute atomic E-state index is 0.0473. The number of piperidine rings is 1. The summed E-state index contributed by atoms with van der Waals surface area (Å²) < 4.78 is 11.8. The molecule has 0 spiro atoms. The number of benzene rings is 2. The Kier molecular flexibility index (Phi) is 7.77. The van der Waals surface area contributed by atoms with Gasteiger partial charge < -0.3 is 20.1 Å². The molecular formula is C28H29N3O4. The van der Waals surface area contributed by atoms with Gasteiger partial charge in [-0.2, -0.15) is 0 Å². The van der Waals surface area contributed by atoms with Crippen LogP contribution in [0.15, 0.2) is 78.9 Å². The minimum atomic E-state index is -0.605. The third-order valence-corrected chi connectivity index (χ3v) is 5.89. The Bertz CT molecular complexity index is 1180. The molecule has 35 heavy (non-hydrogen) atoms. The zero-order valence-corrected chi connectivity index (χ0v) is 19.7. The summed E-state index contributed by atoms with van der Waals surface area (Å²) >= 11 is 0. The number of para-hydroxylation sites is 1. The van der Waals surface area contributed by atoms with Crippen molar-refractivity contribution >= 4 is 11.8 Å². The fraction of sp³-hybridized carbons (Fsp3) is 0.250. The van der Waals surface area contributed by atoms with Gasteiger partial charge in [-0.1, -0.05) is 31.2 Å². The average molecular weight is 472 g/mol. The lowest BCUT2D eigenvalue weighted by atomic mass is 9.92. The number of hydrogen-bond donors (Lipinski definition) is 1. The van der Waals surface area contributed by atoms with Crippen molar-refractivity contribution in [2.75, 3.05) is 13.1 Å². The number of allylic oxidation sites excluding steroid dienone is 1. The summed E-state index contributed by atoms with van der Waals surface area (Å²) in [4.78, 5) is 30.7. The van der Waals surface area contributed by atoms with Gasteiger partial charge in [0.25, 0.3) is 5.91 Å². The zero-order valence-electron chi connectivity index (χ0n) is 19.7. The van der Waals surface area contributed by atoms with Gasteiger partial charge in [0.1, 0.15) is 22.8 Å². The number of primary amides is 1. The predicted molar refractivity (Wildman–Crippen MR) is 134 cm³/mol. The summed E-state index contributed by atoms with van der Waals surface area (Å²) in [7, 11) is 0. The molecule has 0 aliphatic carbocycles. The highest BCUT2D eigenvalue weighted by molar-refractivity contribution is 5.95. The van der Waals surface area contributed by atoms with E-state index < -0.39 is 5.91 Å². The van der Waals surface area contributed by atoms with Crippen molar-refractivity contribution < 1.29 is 19.1 Å². The molecule has 3 aromatic rings. The van der Waals surface area contributed by atoms with E-state index in [4.69, 9.17) is 15.2 Å². The highest BCUT2D eigenvalue weighted by Gasteiger charge is 2.25. The van der Waals surface area contributed by atoms with E-state index in [0.717, 1.165) is 30.7 Å². The molecule has 0 radical (unpaired) electrons. The molecule has 1 aliphatic rings. The number of carbonyl (C=O) groups is 2. The van der Waals surface area contributed by atoms with Gasteiger partial charge in [0.05, 0.1) is 0 Å². The summed E-state index contributed by atoms with van der Waals surface area (Å²) in [6.45, 7) is 3.33. The largest absolute Gasteiger partial charge is 0.457 e. The molecule has 7 heteroatoms. The topological polar surface area (TPSA) is 94.8 Å². The first-order chi connectivity index (χ1) is 17.0. The lowest BCUT2D eigenvalue weighted by Gasteiger charge is -2.31. The van der Waals surface area contributed by atoms with Gasteiger partial charge in [-0.3, -0.25) is 9.59 Å². The molecular weight excluding hydrogens is 442 g/mol. The predicted octanol–water partition coefficient (Wildman–Crippen LogP) is 5.44. The zero-order chi connectivity index (χ0) is 24.6. The Hall–Kier alpha value is -4.13. The summed E-state index contributed by atoms with van der Waals surface area (Å²) in [5.41, 5.74) is 6.61. The molecule has 0 bridgehead atoms. The molecule has 7 nitrogen and oxygen atoms in total. The van der Waals surface area contributed by atoms with E-state index in [9.17, 15) is 9.59 Å². The fourth-order valence-electron chi connectivity index (χ4n) is 3.98. The average Bonchev–Trinajstić information content (AvgIpc) is 2.89. The SMILES string of the molecule is CC/C=C/C(=O)N1CCC(c2ccc(C(N)=O)c(Oc3ccc(Oc4ccccc4)cc3)n2)CC1. The number of ether oxygens (including phenoxy) is 2. The summed E-state index contributed by atoms with van der Waals surface area (Å²) in [5, 5.41) is 0. The Labute approximate surface area is 205 Å². The Morgan fingerprint density at radius 2 is 1.57 bits per heavy atom. The molecule has 1 fully saturated rings. The number of nitrogens with two attached hydrogens (primary N) is 1. The van der Waals surface area contributed by atoms with Crippen LogP contribution < -0.4 is 15.2 Å². The maximum atomic E-state index is 12.2. The Morgan fingerprint density at radius 3 is 2.20 bits per heavy atom. The Balaban J connectivity index is 1.45. The molecule has 1 aromatic heterocycles. The number of likely N-dealkylation sites (tertiary alicyclic amines) is 1. The second kappa shape index (κ2) is 11.3. The third-order valence-electron chi connectivity index (χ3n) is 5.89. The summed E-state index contributed by atoms with van der Waals surface area (Å²) in [6, 6.07) is 20.1. The van der Waals surface area contributed by atoms with E-state index in [1.807, 2.05) is 54.3 Å². The molecule has 2 amide bonds. The molecule has 1 saturated heterocycles. The van der Waals surface area contributed by atoms with E-state index in [1.54, 1.807) is 36.4 Å². The minimum Gasteiger partial charge on any atom is -0.457 e. The number of rotatable bonds is 8. The van der Waals surface area contributed by atoms with Crippen LogP contribution in [0.2, 0.25) is 0 Å². The van der Waals surface area contributed by atoms with Gasteiger partial charge in [-0.05, 0) is 73.9 Å². The maximum absolute atomic E-state index is 12.2. The van der Waals surface area contributed by atoms with Crippen LogP contribution >= 0.6 is 0 Å². The standard InChI is InChI=1S/C28H29N3O4/c1-2-3-9-26(32)31-18-16-20(17-19-31)25-15-14-24(27(29)33)28(30-25)35-23-12-10-22(11-13-23)34-21-7-5-4-6-8-21/h3-15,20H,2,16-19H2,1H3,(H2,29,33)/b9-3+. The van der Waals surface area contributed by atoms with Crippen molar-refractivity contribution in [3.63, 3.8) is 0 Å². The van der Waals surface area contributed by atoms with Gasteiger partial charge in [0.2, 0.25) is 11.8 Å². The smallest absolute Gasteiger partial charge is 0.254 e. The molecule has 180 valence electrons. The number of amides is 2. The van der Waals surface area contributed by atoms with Crippen molar-refractivity contribution in [2.24, 2.45) is 5.73 Å². The first-order valence-corrected chi connectivity index (χ1v) is 11.8. The van der Waals surface area contributed by atoms with Crippen LogP contribution in [0.1, 0.15) is 48.2 Å². The van der Waals surface area contributed by atoms with Gasteiger partial charge in [0, 0.05) is 24.7 Å². The number of nitrogens with zero attached hydrogens (tertiary/aromatic N) is 2. The van der Waals surface area contributed by atoms with E-state index in [-0.39, 0.29) is 23.3 Å². The molecule has 0 unspecified atom stereocenters. The van der Waals surface area contributed by atoms with Crippen LogP contribution in [-0.2, 0) is 4.79 Å². The highest BCUT2D eigenvalue weighted by Crippen LogP contribution is 2.32. The molecule has 4 rings (SSSR count). The number of aromatic nitrogens is 1. The first-order valence-electron chi connectivity index (χ1n) is 11.8. The third kappa shape index (κ3) is 6.26. The molecule has 1 aliphatic heterocycles. The monoisotopic (exact) mass is 471 g/mol. The van der Waals surface area contributed by atoms with E-state index >= 15 is 0 Å². The van der Waals surface area contributed by atoms with Crippen molar-refractivity contribution in [3.05, 3.63) is 90.1 Å². The molecule has 0 atom stereocenters. The molecule has 0 saturated carbocycles. The van der Waals surface area contributed by atoms with Gasteiger partial charge >= 0.3 is 0 Å². The number of pyridine rings is 1. The second-order valence-corrected chi connectivity index (χ2v) is 8.35. The van der Waals surface area contributed by atoms with E-state index in [1.165, 1.54) is 0 Å². The van der Waals surface area contributed by atoms with Crippen molar-refractivity contribution in [3.8, 4) is 23.1 Å². The molecule has 2 heterocycles. The van der Waals surface area contributed by atoms with Crippen LogP contribution in [0, 0.1) is 0 Å². The van der Waals surface area contributed by atoms with E-state index in [0.29, 0.717) is 24.6 Å². The summed E-state index contributed by atoms with van der Waals surface area (Å²) in [5.74, 6) is 1.70. The maximum Gasteiger partial charge on any atom is 0.254 e. The van der Waals surface area contributed by atoms with Crippen LogP contribution in [0.25, 0.3) is 0 Å². The van der Waals surface area contributed by atoms with Gasteiger partial charge in [-0.15, -0.1) is 0 Å². The van der Waals surface area contributed by atoms with Crippen molar-refractivity contribution in [1.29, 1.82) is 0 Å². The van der Waals surface area contributed by atoms with E-state index in [2.05, 4.69) is 4.98 Å². The number of carbonyl (C=O) groups excluding carboxylic acids is 2. The summed E-state index contributed by atoms with van der Waals surface area (Å²) in [6.07, 6.45) is 5.94. The number of hydrogen-bond acceptors (Lipinski definition) is 5. The highest BCUT2D eigenvalue weighted by atomic mass is 16.5. The lowest BCUT2D eigenvalue weighted by molar-refractivity contribution is -0.127. The van der Waals surface area contributed by atoms with Crippen LogP contribution in [0.3, 0.4) is 0 Å².